The molecule has 0 N–H and O–H groups in total. The third kappa shape index (κ3) is 2.97. The molecular weight excluding hydrogens is 332 g/mol. The van der Waals surface area contributed by atoms with Gasteiger partial charge in [0.2, 0.25) is 5.78 Å². The van der Waals surface area contributed by atoms with E-state index < -0.39 is 5.82 Å². The van der Waals surface area contributed by atoms with Crippen molar-refractivity contribution in [3.8, 4) is 11.1 Å². The summed E-state index contributed by atoms with van der Waals surface area (Å²) in [4.78, 5) is 17.5. The van der Waals surface area contributed by atoms with Crippen LogP contribution in [0.2, 0.25) is 0 Å². The summed E-state index contributed by atoms with van der Waals surface area (Å²) in [6.07, 6.45) is 0. The van der Waals surface area contributed by atoms with Crippen LogP contribution in [0.5, 0.6) is 0 Å². The average Bonchev–Trinajstić information content (AvgIpc) is 2.68. The first kappa shape index (κ1) is 16.1. The van der Waals surface area contributed by atoms with Gasteiger partial charge in [-0.25, -0.2) is 13.8 Å². The Labute approximate surface area is 148 Å². The van der Waals surface area contributed by atoms with Gasteiger partial charge in [-0.15, -0.1) is 0 Å². The molecule has 4 rings (SSSR count). The number of halogens is 2. The third-order valence-corrected chi connectivity index (χ3v) is 4.20. The molecule has 4 aromatic rings. The fraction of sp³-hybridized carbons (Fsp3) is 0. The summed E-state index contributed by atoms with van der Waals surface area (Å²) in [6, 6.07) is 20.6. The van der Waals surface area contributed by atoms with Gasteiger partial charge < -0.3 is 0 Å². The highest BCUT2D eigenvalue weighted by molar-refractivity contribution is 6.12. The molecule has 26 heavy (non-hydrogen) atoms. The van der Waals surface area contributed by atoms with Crippen LogP contribution in [0.25, 0.3) is 22.0 Å². The second-order valence-electron chi connectivity index (χ2n) is 5.92. The zero-order valence-corrected chi connectivity index (χ0v) is 13.6. The van der Waals surface area contributed by atoms with Crippen molar-refractivity contribution in [1.82, 2.24) is 4.98 Å². The molecule has 0 unspecified atom stereocenters. The summed E-state index contributed by atoms with van der Waals surface area (Å²) < 4.78 is 26.5. The van der Waals surface area contributed by atoms with Gasteiger partial charge >= 0.3 is 0 Å². The number of fused-ring (bicyclic) bond motifs is 1. The van der Waals surface area contributed by atoms with Crippen molar-refractivity contribution >= 4 is 16.7 Å². The second kappa shape index (κ2) is 6.48. The molecule has 2 nitrogen and oxygen atoms in total. The van der Waals surface area contributed by atoms with Crippen molar-refractivity contribution in [2.45, 2.75) is 0 Å². The number of aromatic nitrogens is 1. The molecule has 3 aromatic carbocycles. The largest absolute Gasteiger partial charge is 0.287 e. The van der Waals surface area contributed by atoms with E-state index >= 15 is 0 Å². The minimum absolute atomic E-state index is 0.252. The second-order valence-corrected chi connectivity index (χ2v) is 5.92. The van der Waals surface area contributed by atoms with Crippen molar-refractivity contribution in [2.24, 2.45) is 0 Å². The first-order valence-electron chi connectivity index (χ1n) is 8.08. The molecule has 0 radical (unpaired) electrons. The number of nitrogens with zero attached hydrogens (tertiary/aromatic N) is 1. The minimum Gasteiger partial charge on any atom is -0.287 e. The summed E-state index contributed by atoms with van der Waals surface area (Å²) in [7, 11) is 0. The van der Waals surface area contributed by atoms with Crippen molar-refractivity contribution in [1.29, 1.82) is 0 Å². The Morgan fingerprint density at radius 2 is 1.38 bits per heavy atom. The topological polar surface area (TPSA) is 30.0 Å². The molecule has 4 heteroatoms. The van der Waals surface area contributed by atoms with E-state index in [2.05, 4.69) is 4.98 Å². The molecule has 0 spiro atoms. The number of benzene rings is 3. The molecule has 0 aliphatic carbocycles. The molecule has 0 aliphatic rings. The van der Waals surface area contributed by atoms with E-state index in [1.165, 1.54) is 36.4 Å². The SMILES string of the molecule is O=C(c1ccc(F)cc1)c1nc2ccccc2cc1-c1ccc(F)cc1. The predicted octanol–water partition coefficient (Wildman–Crippen LogP) is 5.41. The van der Waals surface area contributed by atoms with Crippen LogP contribution in [0, 0.1) is 11.6 Å². The van der Waals surface area contributed by atoms with Crippen LogP contribution in [0.3, 0.4) is 0 Å². The Hall–Kier alpha value is -3.40. The number of carbonyl (C=O) groups is 1. The van der Waals surface area contributed by atoms with Gasteiger partial charge in [-0.05, 0) is 54.1 Å². The van der Waals surface area contributed by atoms with Crippen LogP contribution in [-0.4, -0.2) is 10.8 Å². The normalized spacial score (nSPS) is 10.8. The molecule has 0 amide bonds. The number of ketones is 1. The molecule has 0 bridgehead atoms. The Kier molecular flexibility index (Phi) is 4.01. The third-order valence-electron chi connectivity index (χ3n) is 4.20. The summed E-state index contributed by atoms with van der Waals surface area (Å²) in [5.74, 6) is -1.07. The number of hydrogen-bond acceptors (Lipinski definition) is 2. The lowest BCUT2D eigenvalue weighted by Gasteiger charge is -2.11. The summed E-state index contributed by atoms with van der Waals surface area (Å²) in [5.41, 5.74) is 2.58. The lowest BCUT2D eigenvalue weighted by Crippen LogP contribution is -2.07. The molecule has 0 saturated heterocycles. The van der Waals surface area contributed by atoms with Crippen molar-refractivity contribution in [3.05, 3.63) is 102 Å². The maximum Gasteiger partial charge on any atom is 0.212 e. The number of pyridine rings is 1. The average molecular weight is 345 g/mol. The zero-order valence-electron chi connectivity index (χ0n) is 13.6. The van der Waals surface area contributed by atoms with Gasteiger partial charge in [0.1, 0.15) is 17.3 Å². The van der Waals surface area contributed by atoms with Crippen molar-refractivity contribution in [3.63, 3.8) is 0 Å². The van der Waals surface area contributed by atoms with Gasteiger partial charge in [-0.1, -0.05) is 30.3 Å². The number of para-hydroxylation sites is 1. The van der Waals surface area contributed by atoms with Crippen LogP contribution in [-0.2, 0) is 0 Å². The molecule has 0 atom stereocenters. The minimum atomic E-state index is -0.410. The number of rotatable bonds is 3. The smallest absolute Gasteiger partial charge is 0.212 e. The molecule has 0 aliphatic heterocycles. The zero-order chi connectivity index (χ0) is 18.1. The maximum atomic E-state index is 13.3. The highest BCUT2D eigenvalue weighted by Crippen LogP contribution is 2.28. The number of hydrogen-bond donors (Lipinski definition) is 0. The first-order valence-corrected chi connectivity index (χ1v) is 8.08. The van der Waals surface area contributed by atoms with E-state index in [0.717, 1.165) is 5.39 Å². The van der Waals surface area contributed by atoms with Crippen molar-refractivity contribution in [2.75, 3.05) is 0 Å². The highest BCUT2D eigenvalue weighted by Gasteiger charge is 2.18. The lowest BCUT2D eigenvalue weighted by atomic mass is 9.96. The van der Waals surface area contributed by atoms with Crippen LogP contribution in [0.15, 0.2) is 78.9 Å². The Morgan fingerprint density at radius 3 is 2.08 bits per heavy atom. The predicted molar refractivity (Wildman–Crippen MR) is 97.0 cm³/mol. The van der Waals surface area contributed by atoms with Gasteiger partial charge in [0.25, 0.3) is 0 Å². The number of carbonyl (C=O) groups excluding carboxylic acids is 1. The summed E-state index contributed by atoms with van der Waals surface area (Å²) >= 11 is 0. The van der Waals surface area contributed by atoms with Crippen LogP contribution in [0.4, 0.5) is 8.78 Å². The van der Waals surface area contributed by atoms with Crippen LogP contribution >= 0.6 is 0 Å². The first-order chi connectivity index (χ1) is 12.6. The molecule has 1 aromatic heterocycles. The van der Waals surface area contributed by atoms with Crippen LogP contribution < -0.4 is 0 Å². The molecular formula is C22H13F2NO. The van der Waals surface area contributed by atoms with E-state index in [1.807, 2.05) is 30.3 Å². The van der Waals surface area contributed by atoms with Gasteiger partial charge in [0.15, 0.2) is 0 Å². The summed E-state index contributed by atoms with van der Waals surface area (Å²) in [6.45, 7) is 0. The van der Waals surface area contributed by atoms with Crippen LogP contribution in [0.1, 0.15) is 16.1 Å². The van der Waals surface area contributed by atoms with Crippen molar-refractivity contribution < 1.29 is 13.6 Å². The Bertz CT molecular complexity index is 1100. The van der Waals surface area contributed by atoms with E-state index in [4.69, 9.17) is 0 Å². The fourth-order valence-electron chi connectivity index (χ4n) is 2.88. The van der Waals surface area contributed by atoms with E-state index in [-0.39, 0.29) is 17.3 Å². The highest BCUT2D eigenvalue weighted by atomic mass is 19.1. The quantitative estimate of drug-likeness (QED) is 0.465. The molecule has 1 heterocycles. The molecule has 126 valence electrons. The maximum absolute atomic E-state index is 13.3. The van der Waals surface area contributed by atoms with E-state index in [1.54, 1.807) is 12.1 Å². The van der Waals surface area contributed by atoms with E-state index in [0.29, 0.717) is 22.2 Å². The van der Waals surface area contributed by atoms with Gasteiger partial charge in [-0.2, -0.15) is 0 Å². The molecule has 0 fully saturated rings. The lowest BCUT2D eigenvalue weighted by molar-refractivity contribution is 0.103. The van der Waals surface area contributed by atoms with E-state index in [9.17, 15) is 13.6 Å². The van der Waals surface area contributed by atoms with Gasteiger partial charge in [-0.3, -0.25) is 4.79 Å². The Balaban J connectivity index is 1.93. The Morgan fingerprint density at radius 1 is 0.769 bits per heavy atom. The fourth-order valence-corrected chi connectivity index (χ4v) is 2.88. The standard InChI is InChI=1S/C22H13F2NO/c23-17-9-5-14(6-10-17)19-13-16-3-1-2-4-20(16)25-21(19)22(26)15-7-11-18(24)12-8-15/h1-13H. The monoisotopic (exact) mass is 345 g/mol. The molecule has 0 saturated carbocycles. The summed E-state index contributed by atoms with van der Waals surface area (Å²) in [5, 5.41) is 0.877. The van der Waals surface area contributed by atoms with Gasteiger partial charge in [0, 0.05) is 16.5 Å². The van der Waals surface area contributed by atoms with Gasteiger partial charge in [0.05, 0.1) is 5.52 Å².